The first kappa shape index (κ1) is 21.6. The van der Waals surface area contributed by atoms with Crippen molar-refractivity contribution in [1.82, 2.24) is 35.0 Å². The highest BCUT2D eigenvalue weighted by molar-refractivity contribution is 5.93. The molecule has 3 aromatic rings. The van der Waals surface area contributed by atoms with Crippen LogP contribution in [0.5, 0.6) is 0 Å². The Bertz CT molecular complexity index is 1110. The van der Waals surface area contributed by atoms with Crippen LogP contribution in [0.15, 0.2) is 42.6 Å². The molecule has 0 spiro atoms. The van der Waals surface area contributed by atoms with Crippen LogP contribution in [0.2, 0.25) is 0 Å². The summed E-state index contributed by atoms with van der Waals surface area (Å²) in [5.41, 5.74) is 1.87. The fourth-order valence-electron chi connectivity index (χ4n) is 3.69. The summed E-state index contributed by atoms with van der Waals surface area (Å²) in [6.45, 7) is 1.41. The number of hydrogen-bond donors (Lipinski definition) is 1. The molecule has 9 nitrogen and oxygen atoms in total. The zero-order valence-electron chi connectivity index (χ0n) is 17.7. The second-order valence-corrected chi connectivity index (χ2v) is 7.94. The van der Waals surface area contributed by atoms with Crippen molar-refractivity contribution in [2.45, 2.75) is 38.4 Å². The molecule has 2 amide bonds. The van der Waals surface area contributed by atoms with Crippen molar-refractivity contribution in [2.24, 2.45) is 7.05 Å². The number of halogens is 2. The Morgan fingerprint density at radius 1 is 1.22 bits per heavy atom. The molecular weight excluding hydrogens is 420 g/mol. The molecule has 1 unspecified atom stereocenters. The molecule has 1 atom stereocenters. The SMILES string of the molecule is Cc1cc(C(=O)N2CC(F)(F)CC2Cn2cc(C(=O)NCc3ccccc3)nn2)nn1C. The summed E-state index contributed by atoms with van der Waals surface area (Å²) in [4.78, 5) is 26.3. The summed E-state index contributed by atoms with van der Waals surface area (Å²) in [5, 5.41) is 14.6. The standard InChI is InChI=1S/C21H23F2N7O2/c1-14-8-17(26-28(14)2)20(32)30-13-21(22,23)9-16(30)11-29-12-18(25-27-29)19(31)24-10-15-6-4-3-5-7-15/h3-8,12,16H,9-11,13H2,1-2H3,(H,24,31). The van der Waals surface area contributed by atoms with Crippen molar-refractivity contribution in [1.29, 1.82) is 0 Å². The van der Waals surface area contributed by atoms with E-state index < -0.39 is 36.7 Å². The van der Waals surface area contributed by atoms with Crippen LogP contribution in [-0.2, 0) is 20.1 Å². The van der Waals surface area contributed by atoms with Crippen LogP contribution in [0.3, 0.4) is 0 Å². The molecule has 168 valence electrons. The molecule has 1 aliphatic rings. The number of likely N-dealkylation sites (tertiary alicyclic amines) is 1. The lowest BCUT2D eigenvalue weighted by Crippen LogP contribution is -2.39. The van der Waals surface area contributed by atoms with E-state index in [4.69, 9.17) is 0 Å². The maximum atomic E-state index is 14.2. The maximum Gasteiger partial charge on any atom is 0.274 e. The van der Waals surface area contributed by atoms with E-state index in [2.05, 4.69) is 20.7 Å². The molecule has 1 fully saturated rings. The Morgan fingerprint density at radius 3 is 2.66 bits per heavy atom. The van der Waals surface area contributed by atoms with Crippen molar-refractivity contribution in [3.8, 4) is 0 Å². The molecule has 1 aromatic carbocycles. The third-order valence-electron chi connectivity index (χ3n) is 5.44. The second kappa shape index (κ2) is 8.48. The van der Waals surface area contributed by atoms with Gasteiger partial charge in [0.25, 0.3) is 17.7 Å². The van der Waals surface area contributed by atoms with Crippen molar-refractivity contribution in [3.05, 3.63) is 65.2 Å². The van der Waals surface area contributed by atoms with E-state index in [0.717, 1.165) is 16.2 Å². The van der Waals surface area contributed by atoms with Gasteiger partial charge in [0.15, 0.2) is 11.4 Å². The van der Waals surface area contributed by atoms with Crippen molar-refractivity contribution in [3.63, 3.8) is 0 Å². The first-order chi connectivity index (χ1) is 15.2. The Balaban J connectivity index is 1.43. The lowest BCUT2D eigenvalue weighted by molar-refractivity contribution is 0.0116. The Hall–Kier alpha value is -3.63. The monoisotopic (exact) mass is 443 g/mol. The largest absolute Gasteiger partial charge is 0.347 e. The lowest BCUT2D eigenvalue weighted by Gasteiger charge is -2.22. The third kappa shape index (κ3) is 4.66. The number of aryl methyl sites for hydroxylation is 2. The Morgan fingerprint density at radius 2 is 1.97 bits per heavy atom. The molecule has 4 rings (SSSR count). The van der Waals surface area contributed by atoms with E-state index >= 15 is 0 Å². The highest BCUT2D eigenvalue weighted by Crippen LogP contribution is 2.33. The van der Waals surface area contributed by atoms with Crippen LogP contribution in [0.25, 0.3) is 0 Å². The van der Waals surface area contributed by atoms with Gasteiger partial charge in [0.1, 0.15) is 0 Å². The molecule has 1 N–H and O–H groups in total. The molecule has 2 aromatic heterocycles. The number of rotatable bonds is 6. The fourth-order valence-corrected chi connectivity index (χ4v) is 3.69. The predicted molar refractivity (Wildman–Crippen MR) is 110 cm³/mol. The van der Waals surface area contributed by atoms with Gasteiger partial charge in [-0.2, -0.15) is 5.10 Å². The highest BCUT2D eigenvalue weighted by atomic mass is 19.3. The lowest BCUT2D eigenvalue weighted by atomic mass is 10.2. The topological polar surface area (TPSA) is 97.9 Å². The summed E-state index contributed by atoms with van der Waals surface area (Å²) < 4.78 is 31.2. The number of carbonyl (C=O) groups is 2. The van der Waals surface area contributed by atoms with Gasteiger partial charge in [0.2, 0.25) is 0 Å². The van der Waals surface area contributed by atoms with E-state index in [1.165, 1.54) is 15.6 Å². The van der Waals surface area contributed by atoms with E-state index in [1.807, 2.05) is 30.3 Å². The molecule has 3 heterocycles. The molecule has 0 bridgehead atoms. The van der Waals surface area contributed by atoms with Crippen LogP contribution < -0.4 is 5.32 Å². The van der Waals surface area contributed by atoms with E-state index in [9.17, 15) is 18.4 Å². The van der Waals surface area contributed by atoms with Crippen LogP contribution in [0.1, 0.15) is 38.7 Å². The summed E-state index contributed by atoms with van der Waals surface area (Å²) in [6, 6.07) is 10.1. The van der Waals surface area contributed by atoms with Gasteiger partial charge < -0.3 is 10.2 Å². The maximum absolute atomic E-state index is 14.2. The van der Waals surface area contributed by atoms with Crippen molar-refractivity contribution >= 4 is 11.8 Å². The Kier molecular flexibility index (Phi) is 5.72. The van der Waals surface area contributed by atoms with Crippen LogP contribution >= 0.6 is 0 Å². The minimum atomic E-state index is -3.01. The van der Waals surface area contributed by atoms with Gasteiger partial charge in [-0.3, -0.25) is 14.3 Å². The average Bonchev–Trinajstić information content (AvgIpc) is 3.44. The van der Waals surface area contributed by atoms with Crippen molar-refractivity contribution < 1.29 is 18.4 Å². The normalized spacial score (nSPS) is 17.5. The summed E-state index contributed by atoms with van der Waals surface area (Å²) in [5.74, 6) is -3.99. The first-order valence-corrected chi connectivity index (χ1v) is 10.1. The van der Waals surface area contributed by atoms with Gasteiger partial charge in [-0.1, -0.05) is 35.5 Å². The van der Waals surface area contributed by atoms with Crippen LogP contribution in [0, 0.1) is 6.92 Å². The van der Waals surface area contributed by atoms with Gasteiger partial charge in [-0.15, -0.1) is 5.10 Å². The predicted octanol–water partition coefficient (Wildman–Crippen LogP) is 1.80. The van der Waals surface area contributed by atoms with Gasteiger partial charge in [-0.25, -0.2) is 13.5 Å². The average molecular weight is 443 g/mol. The fraction of sp³-hybridized carbons (Fsp3) is 0.381. The number of amides is 2. The first-order valence-electron chi connectivity index (χ1n) is 10.1. The number of aromatic nitrogens is 5. The minimum Gasteiger partial charge on any atom is -0.347 e. The second-order valence-electron chi connectivity index (χ2n) is 7.94. The smallest absolute Gasteiger partial charge is 0.274 e. The van der Waals surface area contributed by atoms with Crippen LogP contribution in [-0.4, -0.2) is 60.0 Å². The summed E-state index contributed by atoms with van der Waals surface area (Å²) in [6.07, 6.45) is 0.893. The van der Waals surface area contributed by atoms with Gasteiger partial charge in [-0.05, 0) is 18.6 Å². The quantitative estimate of drug-likeness (QED) is 0.627. The number of carbonyl (C=O) groups excluding carboxylic acids is 2. The molecule has 32 heavy (non-hydrogen) atoms. The van der Waals surface area contributed by atoms with E-state index in [0.29, 0.717) is 6.54 Å². The molecule has 11 heteroatoms. The van der Waals surface area contributed by atoms with E-state index in [-0.39, 0.29) is 17.9 Å². The molecule has 1 aliphatic heterocycles. The van der Waals surface area contributed by atoms with Crippen molar-refractivity contribution in [2.75, 3.05) is 6.54 Å². The zero-order valence-corrected chi connectivity index (χ0v) is 17.7. The summed E-state index contributed by atoms with van der Waals surface area (Å²) in [7, 11) is 1.68. The molecule has 0 radical (unpaired) electrons. The summed E-state index contributed by atoms with van der Waals surface area (Å²) >= 11 is 0. The number of nitrogens with one attached hydrogen (secondary N) is 1. The third-order valence-corrected chi connectivity index (χ3v) is 5.44. The number of nitrogens with zero attached hydrogens (tertiary/aromatic N) is 6. The number of benzene rings is 1. The number of alkyl halides is 2. The molecule has 1 saturated heterocycles. The van der Waals surface area contributed by atoms with Crippen LogP contribution in [0.4, 0.5) is 8.78 Å². The minimum absolute atomic E-state index is 0.00783. The molecule has 0 saturated carbocycles. The van der Waals surface area contributed by atoms with Gasteiger partial charge >= 0.3 is 0 Å². The van der Waals surface area contributed by atoms with Gasteiger partial charge in [0, 0.05) is 25.7 Å². The molecule has 0 aliphatic carbocycles. The Labute approximate surface area is 183 Å². The number of hydrogen-bond acceptors (Lipinski definition) is 5. The van der Waals surface area contributed by atoms with E-state index in [1.54, 1.807) is 20.0 Å². The zero-order chi connectivity index (χ0) is 22.9. The molecular formula is C21H23F2N7O2. The van der Waals surface area contributed by atoms with Gasteiger partial charge in [0.05, 0.1) is 25.3 Å². The highest BCUT2D eigenvalue weighted by Gasteiger charge is 2.47.